The predicted molar refractivity (Wildman–Crippen MR) is 72.9 cm³/mol. The zero-order valence-corrected chi connectivity index (χ0v) is 11.3. The van der Waals surface area contributed by atoms with E-state index in [1.54, 1.807) is 22.6 Å². The number of methoxy groups -OCH3 is 1. The molecule has 3 rings (SSSR count). The highest BCUT2D eigenvalue weighted by molar-refractivity contribution is 5.95. The highest BCUT2D eigenvalue weighted by atomic mass is 16.5. The molecule has 2 aromatic heterocycles. The number of nitrogens with one attached hydrogen (secondary N) is 1. The Morgan fingerprint density at radius 1 is 1.60 bits per heavy atom. The van der Waals surface area contributed by atoms with Crippen LogP contribution in [0.5, 0.6) is 5.88 Å². The minimum Gasteiger partial charge on any atom is -0.494 e. The number of fused-ring (bicyclic) bond motifs is 1. The molecule has 1 atom stereocenters. The van der Waals surface area contributed by atoms with Crippen molar-refractivity contribution in [1.29, 1.82) is 0 Å². The highest BCUT2D eigenvalue weighted by Crippen LogP contribution is 2.22. The van der Waals surface area contributed by atoms with Gasteiger partial charge in [0.05, 0.1) is 12.6 Å². The molecule has 0 amide bonds. The third-order valence-electron chi connectivity index (χ3n) is 3.68. The fourth-order valence-corrected chi connectivity index (χ4v) is 2.73. The Kier molecular flexibility index (Phi) is 3.31. The van der Waals surface area contributed by atoms with E-state index >= 15 is 0 Å². The molecule has 1 aliphatic rings. The van der Waals surface area contributed by atoms with E-state index in [-0.39, 0.29) is 11.6 Å². The van der Waals surface area contributed by atoms with E-state index in [1.165, 1.54) is 7.11 Å². The van der Waals surface area contributed by atoms with Crippen LogP contribution in [-0.4, -0.2) is 40.2 Å². The molecule has 1 saturated heterocycles. The molecule has 6 heteroatoms. The molecule has 2 N–H and O–H groups in total. The highest BCUT2D eigenvalue weighted by Gasteiger charge is 2.23. The average Bonchev–Trinajstić information content (AvgIpc) is 3.07. The van der Waals surface area contributed by atoms with Crippen molar-refractivity contribution in [2.24, 2.45) is 0 Å². The van der Waals surface area contributed by atoms with Crippen molar-refractivity contribution in [2.45, 2.75) is 25.3 Å². The molecular formula is C14H17N3O3. The monoisotopic (exact) mass is 275 g/mol. The minimum atomic E-state index is -0.487. The number of aromatic hydroxyl groups is 1. The number of rotatable bonds is 3. The summed E-state index contributed by atoms with van der Waals surface area (Å²) in [5.74, 6) is 0.273. The number of ether oxygens (including phenoxy) is 1. The second-order valence-corrected chi connectivity index (χ2v) is 4.97. The number of carbonyl (C=O) groups excluding carboxylic acids is 1. The van der Waals surface area contributed by atoms with Gasteiger partial charge < -0.3 is 15.2 Å². The molecular weight excluding hydrogens is 258 g/mol. The number of aromatic nitrogens is 2. The molecule has 0 aromatic carbocycles. The maximum atomic E-state index is 11.8. The topological polar surface area (TPSA) is 75.9 Å². The lowest BCUT2D eigenvalue weighted by molar-refractivity contribution is 0.0597. The first-order valence-electron chi connectivity index (χ1n) is 6.71. The Labute approximate surface area is 116 Å². The quantitative estimate of drug-likeness (QED) is 0.821. The smallest absolute Gasteiger partial charge is 0.358 e. The van der Waals surface area contributed by atoms with Gasteiger partial charge in [-0.05, 0) is 31.5 Å². The van der Waals surface area contributed by atoms with Crippen LogP contribution < -0.4 is 5.32 Å². The van der Waals surface area contributed by atoms with Crippen LogP contribution >= 0.6 is 0 Å². The lowest BCUT2D eigenvalue weighted by atomic mass is 10.1. The van der Waals surface area contributed by atoms with Crippen LogP contribution in [0.25, 0.3) is 5.52 Å². The summed E-state index contributed by atoms with van der Waals surface area (Å²) in [6.07, 6.45) is 2.90. The summed E-state index contributed by atoms with van der Waals surface area (Å²) in [5.41, 5.74) is 0.821. The number of hydrogen-bond acceptors (Lipinski definition) is 5. The molecule has 1 unspecified atom stereocenters. The third kappa shape index (κ3) is 2.12. The molecule has 0 radical (unpaired) electrons. The zero-order chi connectivity index (χ0) is 14.1. The summed E-state index contributed by atoms with van der Waals surface area (Å²) in [7, 11) is 1.33. The second kappa shape index (κ2) is 5.13. The van der Waals surface area contributed by atoms with Gasteiger partial charge in [-0.2, -0.15) is 0 Å². The van der Waals surface area contributed by atoms with Gasteiger partial charge in [-0.25, -0.2) is 9.78 Å². The first kappa shape index (κ1) is 12.9. The van der Waals surface area contributed by atoms with Crippen LogP contribution in [0.2, 0.25) is 0 Å². The maximum absolute atomic E-state index is 11.8. The van der Waals surface area contributed by atoms with Gasteiger partial charge in [0.25, 0.3) is 0 Å². The van der Waals surface area contributed by atoms with Crippen LogP contribution in [0.3, 0.4) is 0 Å². The first-order valence-corrected chi connectivity index (χ1v) is 6.71. The van der Waals surface area contributed by atoms with Crippen molar-refractivity contribution in [2.75, 3.05) is 13.7 Å². The minimum absolute atomic E-state index is 0.0816. The lowest BCUT2D eigenvalue weighted by Gasteiger charge is -2.09. The number of nitrogens with zero attached hydrogens (tertiary/aromatic N) is 2. The third-order valence-corrected chi connectivity index (χ3v) is 3.68. The van der Waals surface area contributed by atoms with Crippen LogP contribution in [0.15, 0.2) is 18.2 Å². The second-order valence-electron chi connectivity index (χ2n) is 4.97. The van der Waals surface area contributed by atoms with Gasteiger partial charge in [0, 0.05) is 12.5 Å². The summed E-state index contributed by atoms with van der Waals surface area (Å²) < 4.78 is 6.37. The van der Waals surface area contributed by atoms with Crippen molar-refractivity contribution >= 4 is 11.5 Å². The molecule has 0 aliphatic carbocycles. The largest absolute Gasteiger partial charge is 0.494 e. The number of carbonyl (C=O) groups is 1. The Balaban J connectivity index is 2.08. The summed E-state index contributed by atoms with van der Waals surface area (Å²) in [6.45, 7) is 1.00. The van der Waals surface area contributed by atoms with Gasteiger partial charge >= 0.3 is 5.97 Å². The summed E-state index contributed by atoms with van der Waals surface area (Å²) in [5, 5.41) is 13.4. The van der Waals surface area contributed by atoms with E-state index in [2.05, 4.69) is 10.3 Å². The Hall–Kier alpha value is -2.08. The molecule has 2 aromatic rings. The van der Waals surface area contributed by atoms with Crippen LogP contribution in [0.1, 0.15) is 29.2 Å². The molecule has 106 valence electrons. The Morgan fingerprint density at radius 2 is 2.45 bits per heavy atom. The Morgan fingerprint density at radius 3 is 3.15 bits per heavy atom. The van der Waals surface area contributed by atoms with Gasteiger partial charge in [0.2, 0.25) is 0 Å². The first-order chi connectivity index (χ1) is 9.70. The van der Waals surface area contributed by atoms with E-state index in [0.717, 1.165) is 19.4 Å². The number of pyridine rings is 1. The fraction of sp³-hybridized carbons (Fsp3) is 0.429. The molecule has 1 aliphatic heterocycles. The van der Waals surface area contributed by atoms with E-state index in [4.69, 9.17) is 4.74 Å². The zero-order valence-electron chi connectivity index (χ0n) is 11.3. The maximum Gasteiger partial charge on any atom is 0.358 e. The molecule has 1 fully saturated rings. The SMILES string of the molecule is COC(=O)c1nc(CC2CCCN2)n2c(O)cccc12. The van der Waals surface area contributed by atoms with Gasteiger partial charge in [-0.15, -0.1) is 0 Å². The van der Waals surface area contributed by atoms with Crippen molar-refractivity contribution < 1.29 is 14.6 Å². The summed E-state index contributed by atoms with van der Waals surface area (Å²) in [6, 6.07) is 5.37. The van der Waals surface area contributed by atoms with Crippen molar-refractivity contribution in [1.82, 2.24) is 14.7 Å². The van der Waals surface area contributed by atoms with Crippen LogP contribution in [-0.2, 0) is 11.2 Å². The molecule has 3 heterocycles. The van der Waals surface area contributed by atoms with Crippen LogP contribution in [0.4, 0.5) is 0 Å². The molecule has 6 nitrogen and oxygen atoms in total. The number of esters is 1. The molecule has 0 saturated carbocycles. The van der Waals surface area contributed by atoms with Crippen molar-refractivity contribution in [3.05, 3.63) is 29.7 Å². The van der Waals surface area contributed by atoms with E-state index in [0.29, 0.717) is 23.8 Å². The predicted octanol–water partition coefficient (Wildman–Crippen LogP) is 1.12. The molecule has 0 bridgehead atoms. The average molecular weight is 275 g/mol. The van der Waals surface area contributed by atoms with Crippen molar-refractivity contribution in [3.8, 4) is 5.88 Å². The van der Waals surface area contributed by atoms with E-state index < -0.39 is 5.97 Å². The van der Waals surface area contributed by atoms with Gasteiger partial charge in [-0.1, -0.05) is 6.07 Å². The number of hydrogen-bond donors (Lipinski definition) is 2. The van der Waals surface area contributed by atoms with Gasteiger partial charge in [0.1, 0.15) is 5.82 Å². The summed E-state index contributed by atoms with van der Waals surface area (Å²) in [4.78, 5) is 16.2. The fourth-order valence-electron chi connectivity index (χ4n) is 2.73. The van der Waals surface area contributed by atoms with Gasteiger partial charge in [0.15, 0.2) is 11.6 Å². The van der Waals surface area contributed by atoms with E-state index in [9.17, 15) is 9.90 Å². The summed E-state index contributed by atoms with van der Waals surface area (Å²) >= 11 is 0. The van der Waals surface area contributed by atoms with E-state index in [1.807, 2.05) is 0 Å². The molecule has 0 spiro atoms. The van der Waals surface area contributed by atoms with Gasteiger partial charge in [-0.3, -0.25) is 4.40 Å². The number of imidazole rings is 1. The van der Waals surface area contributed by atoms with Crippen LogP contribution in [0, 0.1) is 0 Å². The van der Waals surface area contributed by atoms with Crippen molar-refractivity contribution in [3.63, 3.8) is 0 Å². The normalized spacial score (nSPS) is 18.6. The Bertz CT molecular complexity index is 644. The standard InChI is InChI=1S/C14H17N3O3/c1-20-14(19)13-10-5-2-6-12(18)17(10)11(16-13)8-9-4-3-7-15-9/h2,5-6,9,15,18H,3-4,7-8H2,1H3. The molecule has 20 heavy (non-hydrogen) atoms. The lowest BCUT2D eigenvalue weighted by Crippen LogP contribution is -2.24.